The second kappa shape index (κ2) is 5.86. The standard InChI is InChI=1S/C18H18O7/c1-18(9-3-4-11(20)14(7-9)24-2)10(8-19)15-13(25-18)6-5-12(21)16(15)17(22)23/h3-7,10,19-21H,8H2,1-2H3,(H,22,23). The minimum absolute atomic E-state index is 0.0465. The number of carboxylic acids is 1. The van der Waals surface area contributed by atoms with E-state index in [1.165, 1.54) is 25.3 Å². The van der Waals surface area contributed by atoms with Crippen molar-refractivity contribution in [1.29, 1.82) is 0 Å². The highest BCUT2D eigenvalue weighted by atomic mass is 16.5. The van der Waals surface area contributed by atoms with Gasteiger partial charge in [0.2, 0.25) is 0 Å². The van der Waals surface area contributed by atoms with Gasteiger partial charge in [0.1, 0.15) is 22.7 Å². The molecule has 3 rings (SSSR count). The van der Waals surface area contributed by atoms with Crippen LogP contribution in [0, 0.1) is 0 Å². The topological polar surface area (TPSA) is 116 Å². The molecule has 0 aromatic heterocycles. The summed E-state index contributed by atoms with van der Waals surface area (Å²) in [7, 11) is 1.41. The fourth-order valence-electron chi connectivity index (χ4n) is 3.34. The molecule has 0 spiro atoms. The van der Waals surface area contributed by atoms with E-state index >= 15 is 0 Å². The largest absolute Gasteiger partial charge is 0.507 e. The zero-order chi connectivity index (χ0) is 18.4. The molecule has 132 valence electrons. The molecule has 1 heterocycles. The third-order valence-electron chi connectivity index (χ3n) is 4.67. The summed E-state index contributed by atoms with van der Waals surface area (Å²) in [6.45, 7) is 1.32. The monoisotopic (exact) mass is 346 g/mol. The Morgan fingerprint density at radius 2 is 1.92 bits per heavy atom. The van der Waals surface area contributed by atoms with Crippen LogP contribution in [0.3, 0.4) is 0 Å². The zero-order valence-electron chi connectivity index (χ0n) is 13.7. The van der Waals surface area contributed by atoms with Crippen LogP contribution in [-0.2, 0) is 5.60 Å². The Labute approximate surface area is 143 Å². The van der Waals surface area contributed by atoms with Crippen molar-refractivity contribution in [2.45, 2.75) is 18.4 Å². The number of hydrogen-bond acceptors (Lipinski definition) is 6. The van der Waals surface area contributed by atoms with E-state index in [4.69, 9.17) is 9.47 Å². The average Bonchev–Trinajstić information content (AvgIpc) is 2.87. The van der Waals surface area contributed by atoms with E-state index in [-0.39, 0.29) is 34.1 Å². The summed E-state index contributed by atoms with van der Waals surface area (Å²) in [5.41, 5.74) is -0.556. The van der Waals surface area contributed by atoms with E-state index in [0.717, 1.165) is 0 Å². The molecular formula is C18H18O7. The molecule has 0 amide bonds. The minimum atomic E-state index is -1.30. The average molecular weight is 346 g/mol. The molecule has 7 nitrogen and oxygen atoms in total. The summed E-state index contributed by atoms with van der Waals surface area (Å²) >= 11 is 0. The Morgan fingerprint density at radius 1 is 1.24 bits per heavy atom. The predicted octanol–water partition coefficient (Wildman–Crippen LogP) is 2.19. The summed E-state index contributed by atoms with van der Waals surface area (Å²) in [6.07, 6.45) is 0. The molecule has 0 radical (unpaired) electrons. The van der Waals surface area contributed by atoms with Crippen LogP contribution in [0.1, 0.15) is 34.3 Å². The van der Waals surface area contributed by atoms with Gasteiger partial charge in [0.05, 0.1) is 19.6 Å². The number of benzene rings is 2. The van der Waals surface area contributed by atoms with Gasteiger partial charge in [0.25, 0.3) is 0 Å². The fraction of sp³-hybridized carbons (Fsp3) is 0.278. The third kappa shape index (κ3) is 2.44. The summed E-state index contributed by atoms with van der Waals surface area (Å²) < 4.78 is 11.1. The number of methoxy groups -OCH3 is 1. The van der Waals surface area contributed by atoms with Gasteiger partial charge < -0.3 is 29.9 Å². The number of hydrogen-bond donors (Lipinski definition) is 4. The maximum atomic E-state index is 11.6. The fourth-order valence-corrected chi connectivity index (χ4v) is 3.34. The number of aromatic hydroxyl groups is 2. The van der Waals surface area contributed by atoms with E-state index in [2.05, 4.69) is 0 Å². The van der Waals surface area contributed by atoms with Gasteiger partial charge in [-0.2, -0.15) is 0 Å². The number of fused-ring (bicyclic) bond motifs is 1. The predicted molar refractivity (Wildman–Crippen MR) is 87.5 cm³/mol. The summed E-state index contributed by atoms with van der Waals surface area (Å²) in [6, 6.07) is 7.36. The third-order valence-corrected chi connectivity index (χ3v) is 4.67. The molecule has 0 bridgehead atoms. The lowest BCUT2D eigenvalue weighted by Gasteiger charge is -2.31. The van der Waals surface area contributed by atoms with E-state index in [1.54, 1.807) is 19.1 Å². The highest BCUT2D eigenvalue weighted by Gasteiger charge is 2.48. The Hall–Kier alpha value is -2.93. The molecule has 25 heavy (non-hydrogen) atoms. The second-order valence-corrected chi connectivity index (χ2v) is 6.01. The van der Waals surface area contributed by atoms with Crippen molar-refractivity contribution >= 4 is 5.97 Å². The number of aliphatic hydroxyl groups is 1. The first-order chi connectivity index (χ1) is 11.8. The van der Waals surface area contributed by atoms with E-state index in [9.17, 15) is 25.2 Å². The molecule has 2 aromatic carbocycles. The van der Waals surface area contributed by atoms with Gasteiger partial charge in [-0.1, -0.05) is 6.07 Å². The molecule has 1 aliphatic heterocycles. The molecule has 0 fully saturated rings. The first kappa shape index (κ1) is 16.9. The molecule has 2 atom stereocenters. The number of ether oxygens (including phenoxy) is 2. The molecule has 4 N–H and O–H groups in total. The van der Waals surface area contributed by atoms with Gasteiger partial charge in [-0.3, -0.25) is 0 Å². The SMILES string of the molecule is COc1cc(C2(C)Oc3ccc(O)c(C(=O)O)c3C2CO)ccc1O. The number of carbonyl (C=O) groups is 1. The van der Waals surface area contributed by atoms with Gasteiger partial charge in [-0.15, -0.1) is 0 Å². The maximum Gasteiger partial charge on any atom is 0.339 e. The van der Waals surface area contributed by atoms with Crippen molar-refractivity contribution in [1.82, 2.24) is 0 Å². The van der Waals surface area contributed by atoms with Gasteiger partial charge in [-0.25, -0.2) is 4.79 Å². The van der Waals surface area contributed by atoms with Gasteiger partial charge >= 0.3 is 5.97 Å². The van der Waals surface area contributed by atoms with Crippen LogP contribution in [0.15, 0.2) is 30.3 Å². The maximum absolute atomic E-state index is 11.6. The number of phenols is 2. The Balaban J connectivity index is 2.19. The highest BCUT2D eigenvalue weighted by molar-refractivity contribution is 5.94. The summed E-state index contributed by atoms with van der Waals surface area (Å²) in [5.74, 6) is -1.95. The number of aliphatic hydroxyl groups excluding tert-OH is 1. The quantitative estimate of drug-likeness (QED) is 0.670. The van der Waals surface area contributed by atoms with Crippen LogP contribution < -0.4 is 9.47 Å². The Bertz CT molecular complexity index is 846. The molecule has 2 unspecified atom stereocenters. The van der Waals surface area contributed by atoms with E-state index in [0.29, 0.717) is 5.56 Å². The van der Waals surface area contributed by atoms with Crippen molar-refractivity contribution in [2.75, 3.05) is 13.7 Å². The molecule has 0 saturated carbocycles. The van der Waals surface area contributed by atoms with Crippen molar-refractivity contribution in [3.05, 3.63) is 47.0 Å². The van der Waals surface area contributed by atoms with Gasteiger partial charge in [-0.05, 0) is 36.8 Å². The molecule has 0 saturated heterocycles. The Kier molecular flexibility index (Phi) is 3.96. The van der Waals surface area contributed by atoms with Crippen LogP contribution in [0.25, 0.3) is 0 Å². The molecule has 7 heteroatoms. The lowest BCUT2D eigenvalue weighted by Crippen LogP contribution is -2.33. The highest BCUT2D eigenvalue weighted by Crippen LogP contribution is 2.53. The number of rotatable bonds is 4. The van der Waals surface area contributed by atoms with Crippen molar-refractivity contribution in [3.63, 3.8) is 0 Å². The first-order valence-corrected chi connectivity index (χ1v) is 7.60. The number of phenolic OH excluding ortho intramolecular Hbond substituents is 1. The van der Waals surface area contributed by atoms with Crippen LogP contribution in [0.2, 0.25) is 0 Å². The van der Waals surface area contributed by atoms with E-state index in [1.807, 2.05) is 0 Å². The number of carboxylic acid groups (broad SMARTS) is 1. The van der Waals surface area contributed by atoms with Crippen molar-refractivity contribution < 1.29 is 34.7 Å². The van der Waals surface area contributed by atoms with Crippen LogP contribution in [0.4, 0.5) is 0 Å². The first-order valence-electron chi connectivity index (χ1n) is 7.60. The minimum Gasteiger partial charge on any atom is -0.507 e. The van der Waals surface area contributed by atoms with Gasteiger partial charge in [0, 0.05) is 5.56 Å². The summed E-state index contributed by atoms with van der Waals surface area (Å²) in [4.78, 5) is 11.6. The number of aromatic carboxylic acids is 1. The van der Waals surface area contributed by atoms with Crippen LogP contribution >= 0.6 is 0 Å². The second-order valence-electron chi connectivity index (χ2n) is 6.01. The molecule has 0 aliphatic carbocycles. The zero-order valence-corrected chi connectivity index (χ0v) is 13.7. The lowest BCUT2D eigenvalue weighted by molar-refractivity contribution is 0.0601. The van der Waals surface area contributed by atoms with Crippen molar-refractivity contribution in [2.24, 2.45) is 0 Å². The smallest absolute Gasteiger partial charge is 0.339 e. The van der Waals surface area contributed by atoms with Crippen molar-refractivity contribution in [3.8, 4) is 23.0 Å². The molecule has 2 aromatic rings. The van der Waals surface area contributed by atoms with Crippen LogP contribution in [0.5, 0.6) is 23.0 Å². The van der Waals surface area contributed by atoms with Crippen LogP contribution in [-0.4, -0.2) is 40.1 Å². The van der Waals surface area contributed by atoms with E-state index < -0.39 is 24.1 Å². The normalized spacial score (nSPS) is 21.5. The summed E-state index contributed by atoms with van der Waals surface area (Å²) in [5, 5.41) is 39.1. The molecule has 1 aliphatic rings. The van der Waals surface area contributed by atoms with Gasteiger partial charge in [0.15, 0.2) is 11.5 Å². The molecular weight excluding hydrogens is 328 g/mol. The lowest BCUT2D eigenvalue weighted by atomic mass is 9.79. The Morgan fingerprint density at radius 3 is 2.52 bits per heavy atom.